The summed E-state index contributed by atoms with van der Waals surface area (Å²) in [6.07, 6.45) is 12.4. The first-order valence-corrected chi connectivity index (χ1v) is 8.85. The summed E-state index contributed by atoms with van der Waals surface area (Å²) < 4.78 is 0. The van der Waals surface area contributed by atoms with Crippen molar-refractivity contribution in [3.05, 3.63) is 42.0 Å². The zero-order chi connectivity index (χ0) is 17.1. The largest absolute Gasteiger partial charge is 0.321 e. The summed E-state index contributed by atoms with van der Waals surface area (Å²) in [6.45, 7) is 0. The van der Waals surface area contributed by atoms with Gasteiger partial charge in [-0.2, -0.15) is 0 Å². The Morgan fingerprint density at radius 3 is 2.80 bits per heavy atom. The Balaban J connectivity index is 1.53. The zero-order valence-electron chi connectivity index (χ0n) is 14.0. The molecule has 1 saturated carbocycles. The van der Waals surface area contributed by atoms with E-state index in [0.29, 0.717) is 17.7 Å². The van der Waals surface area contributed by atoms with Gasteiger partial charge in [0, 0.05) is 11.6 Å². The van der Waals surface area contributed by atoms with E-state index in [1.54, 1.807) is 6.20 Å². The predicted octanol–water partition coefficient (Wildman–Crippen LogP) is 2.77. The second kappa shape index (κ2) is 7.01. The number of hydrogen-bond acceptors (Lipinski definition) is 4. The van der Waals surface area contributed by atoms with Crippen molar-refractivity contribution in [1.29, 1.82) is 0 Å². The molecule has 2 aromatic rings. The third-order valence-electron chi connectivity index (χ3n) is 4.71. The van der Waals surface area contributed by atoms with Crippen molar-refractivity contribution in [2.45, 2.75) is 44.6 Å². The maximum Gasteiger partial charge on any atom is 0.274 e. The van der Waals surface area contributed by atoms with Gasteiger partial charge in [-0.3, -0.25) is 10.1 Å². The molecule has 4 rings (SSSR count). The second-order valence-electron chi connectivity index (χ2n) is 6.60. The minimum Gasteiger partial charge on any atom is -0.321 e. The molecule has 1 amide bonds. The maximum absolute atomic E-state index is 12.2. The molecule has 1 aliphatic heterocycles. The Morgan fingerprint density at radius 2 is 1.96 bits per heavy atom. The number of fused-ring (bicyclic) bond motifs is 1. The van der Waals surface area contributed by atoms with E-state index >= 15 is 0 Å². The molecule has 1 aromatic heterocycles. The Hall–Kier alpha value is -2.76. The van der Waals surface area contributed by atoms with Crippen molar-refractivity contribution in [3.8, 4) is 0 Å². The van der Waals surface area contributed by atoms with Crippen molar-refractivity contribution in [1.82, 2.24) is 20.6 Å². The van der Waals surface area contributed by atoms with Crippen LogP contribution in [0.25, 0.3) is 17.0 Å². The lowest BCUT2D eigenvalue weighted by Crippen LogP contribution is -2.27. The topological polar surface area (TPSA) is 79.3 Å². The van der Waals surface area contributed by atoms with Crippen molar-refractivity contribution >= 4 is 28.8 Å². The quantitative estimate of drug-likeness (QED) is 0.653. The van der Waals surface area contributed by atoms with Gasteiger partial charge in [-0.25, -0.2) is 15.0 Å². The van der Waals surface area contributed by atoms with Gasteiger partial charge < -0.3 is 5.32 Å². The monoisotopic (exact) mass is 335 g/mol. The first kappa shape index (κ1) is 15.7. The number of guanidine groups is 1. The SMILES string of the molecule is O=C1NC(=NC2CCCCCC2)N/C1=C\c1ccc2ncncc2c1. The molecule has 6 nitrogen and oxygen atoms in total. The highest BCUT2D eigenvalue weighted by molar-refractivity contribution is 6.15. The van der Waals surface area contributed by atoms with E-state index in [4.69, 9.17) is 4.99 Å². The van der Waals surface area contributed by atoms with Crippen molar-refractivity contribution < 1.29 is 4.79 Å². The van der Waals surface area contributed by atoms with Gasteiger partial charge in [-0.15, -0.1) is 0 Å². The fourth-order valence-corrected chi connectivity index (χ4v) is 3.39. The third kappa shape index (κ3) is 3.68. The van der Waals surface area contributed by atoms with Crippen LogP contribution in [0.15, 0.2) is 41.4 Å². The molecular formula is C19H21N5O. The lowest BCUT2D eigenvalue weighted by Gasteiger charge is -2.09. The van der Waals surface area contributed by atoms with Crippen LogP contribution in [-0.2, 0) is 4.79 Å². The molecule has 0 atom stereocenters. The Kier molecular flexibility index (Phi) is 4.41. The standard InChI is InChI=1S/C19H21N5O/c25-18-17(10-13-7-8-16-14(9-13)11-20-12-21-16)23-19(24-18)22-15-5-3-1-2-4-6-15/h7-12,15H,1-6H2,(H2,22,23,24,25)/b17-10-. The fourth-order valence-electron chi connectivity index (χ4n) is 3.39. The summed E-state index contributed by atoms with van der Waals surface area (Å²) >= 11 is 0. The number of carbonyl (C=O) groups is 1. The van der Waals surface area contributed by atoms with Crippen LogP contribution in [0.1, 0.15) is 44.1 Å². The first-order chi connectivity index (χ1) is 12.3. The molecular weight excluding hydrogens is 314 g/mol. The Bertz CT molecular complexity index is 850. The van der Waals surface area contributed by atoms with Crippen LogP contribution >= 0.6 is 0 Å². The van der Waals surface area contributed by atoms with Gasteiger partial charge in [0.25, 0.3) is 5.91 Å². The molecule has 2 fully saturated rings. The number of aromatic nitrogens is 2. The number of nitrogens with one attached hydrogen (secondary N) is 2. The average molecular weight is 335 g/mol. The second-order valence-corrected chi connectivity index (χ2v) is 6.60. The van der Waals surface area contributed by atoms with E-state index in [2.05, 4.69) is 20.6 Å². The van der Waals surface area contributed by atoms with Crippen LogP contribution in [0.3, 0.4) is 0 Å². The minimum atomic E-state index is -0.142. The van der Waals surface area contributed by atoms with E-state index < -0.39 is 0 Å². The van der Waals surface area contributed by atoms with Crippen LogP contribution in [0.4, 0.5) is 0 Å². The lowest BCUT2D eigenvalue weighted by atomic mass is 10.1. The molecule has 2 aliphatic rings. The molecule has 1 aromatic carbocycles. The number of aliphatic imine (C=N–C) groups is 1. The van der Waals surface area contributed by atoms with E-state index in [9.17, 15) is 4.79 Å². The highest BCUT2D eigenvalue weighted by atomic mass is 16.2. The summed E-state index contributed by atoms with van der Waals surface area (Å²) in [5, 5.41) is 6.91. The number of hydrogen-bond donors (Lipinski definition) is 2. The van der Waals surface area contributed by atoms with Gasteiger partial charge in [-0.1, -0.05) is 31.7 Å². The maximum atomic E-state index is 12.2. The summed E-state index contributed by atoms with van der Waals surface area (Å²) in [7, 11) is 0. The van der Waals surface area contributed by atoms with Gasteiger partial charge in [0.1, 0.15) is 12.0 Å². The molecule has 1 saturated heterocycles. The molecule has 1 aliphatic carbocycles. The number of rotatable bonds is 2. The highest BCUT2D eigenvalue weighted by Crippen LogP contribution is 2.20. The van der Waals surface area contributed by atoms with Crippen molar-refractivity contribution in [3.63, 3.8) is 0 Å². The fraction of sp³-hybridized carbons (Fsp3) is 0.368. The van der Waals surface area contributed by atoms with Crippen LogP contribution < -0.4 is 10.6 Å². The van der Waals surface area contributed by atoms with Gasteiger partial charge in [0.05, 0.1) is 11.6 Å². The van der Waals surface area contributed by atoms with Crippen molar-refractivity contribution in [2.75, 3.05) is 0 Å². The zero-order valence-corrected chi connectivity index (χ0v) is 14.0. The summed E-state index contributed by atoms with van der Waals surface area (Å²) in [5.41, 5.74) is 2.33. The molecule has 0 bridgehead atoms. The molecule has 2 N–H and O–H groups in total. The molecule has 0 unspecified atom stereocenters. The van der Waals surface area contributed by atoms with E-state index in [1.165, 1.54) is 32.0 Å². The normalized spacial score (nSPS) is 22.2. The summed E-state index contributed by atoms with van der Waals surface area (Å²) in [6, 6.07) is 6.15. The van der Waals surface area contributed by atoms with Crippen LogP contribution in [0.5, 0.6) is 0 Å². The smallest absolute Gasteiger partial charge is 0.274 e. The average Bonchev–Trinajstić information content (AvgIpc) is 2.82. The molecule has 25 heavy (non-hydrogen) atoms. The Labute approximate surface area is 146 Å². The number of benzene rings is 1. The van der Waals surface area contributed by atoms with Gasteiger partial charge in [0.2, 0.25) is 5.96 Å². The molecule has 128 valence electrons. The minimum absolute atomic E-state index is 0.142. The lowest BCUT2D eigenvalue weighted by molar-refractivity contribution is -0.115. The van der Waals surface area contributed by atoms with Gasteiger partial charge in [0.15, 0.2) is 0 Å². The number of carbonyl (C=O) groups excluding carboxylic acids is 1. The third-order valence-corrected chi connectivity index (χ3v) is 4.71. The molecule has 6 heteroatoms. The number of amides is 1. The first-order valence-electron chi connectivity index (χ1n) is 8.85. The van der Waals surface area contributed by atoms with E-state index in [-0.39, 0.29) is 5.91 Å². The molecule has 0 radical (unpaired) electrons. The predicted molar refractivity (Wildman–Crippen MR) is 97.7 cm³/mol. The van der Waals surface area contributed by atoms with Gasteiger partial charge in [-0.05, 0) is 36.6 Å². The Morgan fingerprint density at radius 1 is 1.12 bits per heavy atom. The molecule has 2 heterocycles. The highest BCUT2D eigenvalue weighted by Gasteiger charge is 2.23. The summed E-state index contributed by atoms with van der Waals surface area (Å²) in [4.78, 5) is 25.2. The van der Waals surface area contributed by atoms with Gasteiger partial charge >= 0.3 is 0 Å². The summed E-state index contributed by atoms with van der Waals surface area (Å²) in [5.74, 6) is 0.434. The number of nitrogens with zero attached hydrogens (tertiary/aromatic N) is 3. The van der Waals surface area contributed by atoms with Crippen LogP contribution in [0, 0.1) is 0 Å². The van der Waals surface area contributed by atoms with Crippen LogP contribution in [0.2, 0.25) is 0 Å². The van der Waals surface area contributed by atoms with Crippen molar-refractivity contribution in [2.24, 2.45) is 4.99 Å². The van der Waals surface area contributed by atoms with E-state index in [0.717, 1.165) is 29.3 Å². The van der Waals surface area contributed by atoms with Crippen LogP contribution in [-0.4, -0.2) is 27.9 Å². The van der Waals surface area contributed by atoms with E-state index in [1.807, 2.05) is 24.3 Å². The molecule has 0 spiro atoms.